The smallest absolute Gasteiger partial charge is 0.323 e. The van der Waals surface area contributed by atoms with Crippen LogP contribution in [0.4, 0.5) is 0 Å². The predicted octanol–water partition coefficient (Wildman–Crippen LogP) is 4.32. The number of hydrogen-bond donors (Lipinski definition) is 2. The molecule has 0 heterocycles. The van der Waals surface area contributed by atoms with E-state index in [1.165, 1.54) is 0 Å². The van der Waals surface area contributed by atoms with Crippen LogP contribution in [-0.2, 0) is 20.7 Å². The lowest BCUT2D eigenvalue weighted by Gasteiger charge is -2.24. The van der Waals surface area contributed by atoms with E-state index in [0.29, 0.717) is 5.02 Å². The monoisotopic (exact) mass is 403 g/mol. The Balaban J connectivity index is 2.06. The number of esters is 1. The van der Waals surface area contributed by atoms with Crippen LogP contribution in [-0.4, -0.2) is 34.7 Å². The zero-order valence-electron chi connectivity index (χ0n) is 16.5. The van der Waals surface area contributed by atoms with Crippen molar-refractivity contribution in [3.05, 3.63) is 59.1 Å². The highest BCUT2D eigenvalue weighted by Gasteiger charge is 2.27. The van der Waals surface area contributed by atoms with Gasteiger partial charge in [0.25, 0.3) is 0 Å². The molecule has 0 fully saturated rings. The molecule has 2 aromatic rings. The van der Waals surface area contributed by atoms with E-state index >= 15 is 0 Å². The molecule has 0 saturated heterocycles. The van der Waals surface area contributed by atoms with Crippen LogP contribution in [0.15, 0.2) is 48.5 Å². The molecule has 0 aliphatic heterocycles. The number of carbonyl (C=O) groups excluding carboxylic acids is 1. The molecule has 0 radical (unpaired) electrons. The summed E-state index contributed by atoms with van der Waals surface area (Å²) in [5.74, 6) is -1.50. The fraction of sp³-hybridized carbons (Fsp3) is 0.364. The van der Waals surface area contributed by atoms with Crippen LogP contribution in [0.1, 0.15) is 33.3 Å². The molecular weight excluding hydrogens is 378 g/mol. The topological polar surface area (TPSA) is 75.6 Å². The van der Waals surface area contributed by atoms with Crippen molar-refractivity contribution in [2.45, 2.75) is 51.8 Å². The molecule has 6 heteroatoms. The van der Waals surface area contributed by atoms with Crippen molar-refractivity contribution in [2.75, 3.05) is 0 Å². The summed E-state index contributed by atoms with van der Waals surface area (Å²) in [6.45, 7) is 6.92. The van der Waals surface area contributed by atoms with E-state index in [1.54, 1.807) is 27.7 Å². The number of aliphatic carboxylic acids is 1. The average Bonchev–Trinajstić information content (AvgIpc) is 2.60. The molecule has 1 unspecified atom stereocenters. The van der Waals surface area contributed by atoms with E-state index < -0.39 is 29.6 Å². The second kappa shape index (κ2) is 9.22. The second-order valence-corrected chi connectivity index (χ2v) is 8.16. The summed E-state index contributed by atoms with van der Waals surface area (Å²) in [4.78, 5) is 23.8. The minimum Gasteiger partial charge on any atom is -0.480 e. The van der Waals surface area contributed by atoms with Gasteiger partial charge in [-0.25, -0.2) is 0 Å². The van der Waals surface area contributed by atoms with Crippen LogP contribution in [0.25, 0.3) is 11.1 Å². The average molecular weight is 404 g/mol. The summed E-state index contributed by atoms with van der Waals surface area (Å²) in [7, 11) is 0. The summed E-state index contributed by atoms with van der Waals surface area (Å²) < 4.78 is 5.30. The first kappa shape index (κ1) is 21.9. The normalized spacial score (nSPS) is 13.6. The Bertz CT molecular complexity index is 827. The molecule has 0 aromatic heterocycles. The molecule has 2 aromatic carbocycles. The number of hydrogen-bond acceptors (Lipinski definition) is 4. The van der Waals surface area contributed by atoms with Crippen molar-refractivity contribution in [3.8, 4) is 11.1 Å². The Labute approximate surface area is 170 Å². The highest BCUT2D eigenvalue weighted by atomic mass is 35.5. The molecule has 0 aliphatic rings. The van der Waals surface area contributed by atoms with Crippen LogP contribution >= 0.6 is 11.6 Å². The minimum atomic E-state index is -1.02. The van der Waals surface area contributed by atoms with Gasteiger partial charge in [-0.05, 0) is 62.9 Å². The van der Waals surface area contributed by atoms with Gasteiger partial charge in [0, 0.05) is 5.02 Å². The minimum absolute atomic E-state index is 0.248. The van der Waals surface area contributed by atoms with E-state index in [1.807, 2.05) is 48.5 Å². The van der Waals surface area contributed by atoms with E-state index in [-0.39, 0.29) is 6.42 Å². The highest BCUT2D eigenvalue weighted by Crippen LogP contribution is 2.23. The molecule has 0 spiro atoms. The maximum Gasteiger partial charge on any atom is 0.323 e. The van der Waals surface area contributed by atoms with Crippen molar-refractivity contribution < 1.29 is 19.4 Å². The van der Waals surface area contributed by atoms with Crippen LogP contribution in [0.3, 0.4) is 0 Å². The summed E-state index contributed by atoms with van der Waals surface area (Å²) in [6.07, 6.45) is 0.248. The van der Waals surface area contributed by atoms with Gasteiger partial charge in [-0.15, -0.1) is 0 Å². The van der Waals surface area contributed by atoms with Crippen molar-refractivity contribution >= 4 is 23.5 Å². The second-order valence-electron chi connectivity index (χ2n) is 7.72. The Hall–Kier alpha value is -2.37. The highest BCUT2D eigenvalue weighted by molar-refractivity contribution is 6.30. The fourth-order valence-electron chi connectivity index (χ4n) is 2.71. The number of rotatable bonds is 7. The van der Waals surface area contributed by atoms with Crippen LogP contribution in [0.2, 0.25) is 5.02 Å². The number of ether oxygens (including phenoxy) is 1. The lowest BCUT2D eigenvalue weighted by molar-refractivity contribution is -0.157. The van der Waals surface area contributed by atoms with Crippen molar-refractivity contribution in [1.82, 2.24) is 5.32 Å². The quantitative estimate of drug-likeness (QED) is 0.673. The van der Waals surface area contributed by atoms with Crippen LogP contribution < -0.4 is 5.32 Å². The van der Waals surface area contributed by atoms with Crippen molar-refractivity contribution in [2.24, 2.45) is 0 Å². The predicted molar refractivity (Wildman–Crippen MR) is 110 cm³/mol. The summed E-state index contributed by atoms with van der Waals surface area (Å²) in [5.41, 5.74) is 2.21. The largest absolute Gasteiger partial charge is 0.480 e. The summed E-state index contributed by atoms with van der Waals surface area (Å²) in [6, 6.07) is 13.5. The van der Waals surface area contributed by atoms with E-state index in [2.05, 4.69) is 5.32 Å². The van der Waals surface area contributed by atoms with E-state index in [9.17, 15) is 14.7 Å². The summed E-state index contributed by atoms with van der Waals surface area (Å²) >= 11 is 6.03. The van der Waals surface area contributed by atoms with Gasteiger partial charge in [0.15, 0.2) is 0 Å². The standard InChI is InChI=1S/C22H26ClNO4/c1-14(21(27)28-22(2,3)4)24-19(20(25)26)12-15-8-10-16(11-9-15)17-6-5-7-18(23)13-17/h5-11,13-14,19,24H,12H2,1-4H3,(H,25,26)/t14-,19?/m0/s1. The third-order valence-corrected chi connectivity index (χ3v) is 4.30. The Morgan fingerprint density at radius 1 is 1.11 bits per heavy atom. The van der Waals surface area contributed by atoms with Gasteiger partial charge in [-0.2, -0.15) is 0 Å². The number of carboxylic acids is 1. The molecular formula is C22H26ClNO4. The molecule has 0 amide bonds. The zero-order chi connectivity index (χ0) is 20.9. The Morgan fingerprint density at radius 2 is 1.75 bits per heavy atom. The third kappa shape index (κ3) is 6.66. The molecule has 0 aliphatic carbocycles. The fourth-order valence-corrected chi connectivity index (χ4v) is 2.90. The zero-order valence-corrected chi connectivity index (χ0v) is 17.3. The first-order chi connectivity index (χ1) is 13.0. The summed E-state index contributed by atoms with van der Waals surface area (Å²) in [5, 5.41) is 13.0. The van der Waals surface area contributed by atoms with Gasteiger partial charge in [-0.3, -0.25) is 14.9 Å². The molecule has 0 bridgehead atoms. The molecule has 0 saturated carbocycles. The number of carboxylic acid groups (broad SMARTS) is 1. The molecule has 2 atom stereocenters. The molecule has 2 rings (SSSR count). The third-order valence-electron chi connectivity index (χ3n) is 4.06. The Morgan fingerprint density at radius 3 is 2.29 bits per heavy atom. The van der Waals surface area contributed by atoms with Crippen LogP contribution in [0.5, 0.6) is 0 Å². The number of carbonyl (C=O) groups is 2. The molecule has 150 valence electrons. The SMILES string of the molecule is C[C@H](NC(Cc1ccc(-c2cccc(Cl)c2)cc1)C(=O)O)C(=O)OC(C)(C)C. The van der Waals surface area contributed by atoms with Crippen LogP contribution in [0, 0.1) is 0 Å². The molecule has 28 heavy (non-hydrogen) atoms. The van der Waals surface area contributed by atoms with E-state index in [4.69, 9.17) is 16.3 Å². The van der Waals surface area contributed by atoms with Gasteiger partial charge < -0.3 is 9.84 Å². The lowest BCUT2D eigenvalue weighted by atomic mass is 10.0. The first-order valence-electron chi connectivity index (χ1n) is 9.12. The molecule has 2 N–H and O–H groups in total. The van der Waals surface area contributed by atoms with Gasteiger partial charge >= 0.3 is 11.9 Å². The maximum absolute atomic E-state index is 12.1. The number of nitrogens with one attached hydrogen (secondary N) is 1. The van der Waals surface area contributed by atoms with Gasteiger partial charge in [0.05, 0.1) is 0 Å². The van der Waals surface area contributed by atoms with Crippen molar-refractivity contribution in [3.63, 3.8) is 0 Å². The number of halogens is 1. The first-order valence-corrected chi connectivity index (χ1v) is 9.49. The van der Waals surface area contributed by atoms with Gasteiger partial charge in [0.1, 0.15) is 17.7 Å². The van der Waals surface area contributed by atoms with Gasteiger partial charge in [0.2, 0.25) is 0 Å². The van der Waals surface area contributed by atoms with E-state index in [0.717, 1.165) is 16.7 Å². The molecule has 5 nitrogen and oxygen atoms in total. The number of benzene rings is 2. The van der Waals surface area contributed by atoms with Crippen molar-refractivity contribution in [1.29, 1.82) is 0 Å². The van der Waals surface area contributed by atoms with Gasteiger partial charge in [-0.1, -0.05) is 48.0 Å². The Kier molecular flexibility index (Phi) is 7.22. The maximum atomic E-state index is 12.1. The lowest BCUT2D eigenvalue weighted by Crippen LogP contribution is -2.48.